The highest BCUT2D eigenvalue weighted by Gasteiger charge is 2.02. The highest BCUT2D eigenvalue weighted by Crippen LogP contribution is 2.30. The van der Waals surface area contributed by atoms with Gasteiger partial charge < -0.3 is 9.47 Å². The molecule has 0 atom stereocenters. The lowest BCUT2D eigenvalue weighted by Crippen LogP contribution is -2.03. The van der Waals surface area contributed by atoms with Crippen molar-refractivity contribution in [1.82, 2.24) is 0 Å². The maximum atomic E-state index is 11.2. The first-order valence-electron chi connectivity index (χ1n) is 8.18. The normalized spacial score (nSPS) is 10.5. The molecular weight excluding hydrogens is 360 g/mol. The summed E-state index contributed by atoms with van der Waals surface area (Å²) in [7, 11) is 3.33. The Hall–Kier alpha value is -1.24. The smallest absolute Gasteiger partial charge is 0.305 e. The third kappa shape index (κ3) is 6.71. The van der Waals surface area contributed by atoms with E-state index in [4.69, 9.17) is 21.7 Å². The molecule has 0 saturated carbocycles. The van der Waals surface area contributed by atoms with Gasteiger partial charge in [-0.15, -0.1) is 0 Å². The molecule has 0 fully saturated rings. The first kappa shape index (κ1) is 19.1. The Morgan fingerprint density at radius 3 is 2.50 bits per heavy atom. The van der Waals surface area contributed by atoms with Gasteiger partial charge in [-0.1, -0.05) is 45.7 Å². The molecule has 0 N–H and O–H groups in total. The molecule has 130 valence electrons. The molecule has 0 unspecified atom stereocenters. The van der Waals surface area contributed by atoms with Crippen molar-refractivity contribution < 1.29 is 14.3 Å². The molecule has 0 aliphatic carbocycles. The number of rotatable bonds is 10. The first-order chi connectivity index (χ1) is 11.7. The van der Waals surface area contributed by atoms with E-state index < -0.39 is 0 Å². The maximum Gasteiger partial charge on any atom is 0.305 e. The summed E-state index contributed by atoms with van der Waals surface area (Å²) in [5.41, 5.74) is 1.18. The van der Waals surface area contributed by atoms with Gasteiger partial charge in [-0.3, -0.25) is 4.79 Å². The standard InChI is InChI=1S/C18H22O3S3/c1-2-20-17(19)7-5-3-4-6-12-21-15-10-8-14(9-11-15)16-13-18(22)24-23-16/h8-11,13H,2-7,12H2,1H3. The van der Waals surface area contributed by atoms with Gasteiger partial charge in [0.1, 0.15) is 9.57 Å². The molecule has 3 nitrogen and oxygen atoms in total. The van der Waals surface area contributed by atoms with Gasteiger partial charge in [0.2, 0.25) is 0 Å². The molecule has 1 aromatic carbocycles. The summed E-state index contributed by atoms with van der Waals surface area (Å²) in [5.74, 6) is 0.799. The Labute approximate surface area is 155 Å². The second kappa shape index (κ2) is 10.6. The van der Waals surface area contributed by atoms with Crippen LogP contribution in [0.2, 0.25) is 0 Å². The SMILES string of the molecule is CCOC(=O)CCCCCCOc1ccc(-c2cc(=S)ss2)cc1. The van der Waals surface area contributed by atoms with E-state index in [2.05, 4.69) is 12.1 Å². The fourth-order valence-electron chi connectivity index (χ4n) is 2.24. The summed E-state index contributed by atoms with van der Waals surface area (Å²) in [5, 5.41) is 0. The minimum absolute atomic E-state index is 0.0939. The number of carbonyl (C=O) groups is 1. The molecule has 1 heterocycles. The van der Waals surface area contributed by atoms with Crippen LogP contribution in [0.5, 0.6) is 5.75 Å². The van der Waals surface area contributed by atoms with E-state index in [9.17, 15) is 4.79 Å². The van der Waals surface area contributed by atoms with Crippen LogP contribution in [0.3, 0.4) is 0 Å². The summed E-state index contributed by atoms with van der Waals surface area (Å²) in [6.45, 7) is 3.00. The Morgan fingerprint density at radius 2 is 1.83 bits per heavy atom. The predicted octanol–water partition coefficient (Wildman–Crippen LogP) is 6.10. The zero-order chi connectivity index (χ0) is 17.2. The van der Waals surface area contributed by atoms with Gasteiger partial charge >= 0.3 is 5.97 Å². The minimum atomic E-state index is -0.0939. The van der Waals surface area contributed by atoms with Crippen molar-refractivity contribution >= 4 is 38.9 Å². The zero-order valence-corrected chi connectivity index (χ0v) is 16.2. The van der Waals surface area contributed by atoms with Crippen LogP contribution < -0.4 is 4.74 Å². The van der Waals surface area contributed by atoms with Crippen LogP contribution in [-0.4, -0.2) is 19.2 Å². The Morgan fingerprint density at radius 1 is 1.08 bits per heavy atom. The number of carbonyl (C=O) groups excluding carboxylic acids is 1. The number of benzene rings is 1. The van der Waals surface area contributed by atoms with Gasteiger partial charge in [0, 0.05) is 11.3 Å². The van der Waals surface area contributed by atoms with Crippen LogP contribution in [-0.2, 0) is 9.53 Å². The van der Waals surface area contributed by atoms with Gasteiger partial charge in [0.05, 0.1) is 13.2 Å². The van der Waals surface area contributed by atoms with Crippen molar-refractivity contribution in [3.63, 3.8) is 0 Å². The van der Waals surface area contributed by atoms with Crippen LogP contribution in [0, 0.1) is 3.82 Å². The predicted molar refractivity (Wildman–Crippen MR) is 104 cm³/mol. The summed E-state index contributed by atoms with van der Waals surface area (Å²) >= 11 is 5.17. The van der Waals surface area contributed by atoms with Crippen LogP contribution in [0.4, 0.5) is 0 Å². The summed E-state index contributed by atoms with van der Waals surface area (Å²) < 4.78 is 11.6. The van der Waals surface area contributed by atoms with Crippen molar-refractivity contribution in [3.05, 3.63) is 34.2 Å². The van der Waals surface area contributed by atoms with Gasteiger partial charge in [-0.05, 0) is 55.7 Å². The molecule has 0 radical (unpaired) electrons. The van der Waals surface area contributed by atoms with Crippen molar-refractivity contribution in [1.29, 1.82) is 0 Å². The lowest BCUT2D eigenvalue weighted by atomic mass is 10.1. The van der Waals surface area contributed by atoms with Crippen molar-refractivity contribution in [2.75, 3.05) is 13.2 Å². The van der Waals surface area contributed by atoms with E-state index in [-0.39, 0.29) is 5.97 Å². The average molecular weight is 383 g/mol. The molecular formula is C18H22O3S3. The quantitative estimate of drug-likeness (QED) is 0.215. The minimum Gasteiger partial charge on any atom is -0.494 e. The van der Waals surface area contributed by atoms with Gasteiger partial charge in [0.25, 0.3) is 0 Å². The highest BCUT2D eigenvalue weighted by molar-refractivity contribution is 7.80. The third-order valence-corrected chi connectivity index (χ3v) is 6.36. The number of unbranched alkanes of at least 4 members (excludes halogenated alkanes) is 3. The molecule has 2 aromatic rings. The topological polar surface area (TPSA) is 35.5 Å². The summed E-state index contributed by atoms with van der Waals surface area (Å²) in [4.78, 5) is 12.4. The van der Waals surface area contributed by atoms with Gasteiger partial charge in [0.15, 0.2) is 0 Å². The second-order valence-electron chi connectivity index (χ2n) is 5.34. The molecule has 24 heavy (non-hydrogen) atoms. The van der Waals surface area contributed by atoms with Crippen LogP contribution in [0.1, 0.15) is 39.0 Å². The maximum absolute atomic E-state index is 11.2. The molecule has 0 amide bonds. The third-order valence-electron chi connectivity index (χ3n) is 3.45. The number of ether oxygens (including phenoxy) is 2. The molecule has 0 bridgehead atoms. The fraction of sp³-hybridized carbons (Fsp3) is 0.444. The lowest BCUT2D eigenvalue weighted by molar-refractivity contribution is -0.143. The van der Waals surface area contributed by atoms with Crippen LogP contribution >= 0.6 is 32.9 Å². The number of hydrogen-bond acceptors (Lipinski definition) is 6. The molecule has 2 rings (SSSR count). The highest BCUT2D eigenvalue weighted by atomic mass is 32.9. The number of esters is 1. The van der Waals surface area contributed by atoms with E-state index in [1.54, 1.807) is 20.7 Å². The Balaban J connectivity index is 1.61. The van der Waals surface area contributed by atoms with E-state index in [1.165, 1.54) is 10.4 Å². The van der Waals surface area contributed by atoms with Crippen molar-refractivity contribution in [3.8, 4) is 16.2 Å². The zero-order valence-electron chi connectivity index (χ0n) is 13.8. The average Bonchev–Trinajstić information content (AvgIpc) is 3.01. The Bertz CT molecular complexity index is 673. The van der Waals surface area contributed by atoms with Crippen molar-refractivity contribution in [2.24, 2.45) is 0 Å². The van der Waals surface area contributed by atoms with Gasteiger partial charge in [-0.2, -0.15) is 0 Å². The van der Waals surface area contributed by atoms with E-state index in [1.807, 2.05) is 25.1 Å². The lowest BCUT2D eigenvalue weighted by Gasteiger charge is -2.07. The largest absolute Gasteiger partial charge is 0.494 e. The monoisotopic (exact) mass is 382 g/mol. The second-order valence-corrected chi connectivity index (χ2v) is 8.25. The van der Waals surface area contributed by atoms with Gasteiger partial charge in [-0.25, -0.2) is 0 Å². The summed E-state index contributed by atoms with van der Waals surface area (Å²) in [6, 6.07) is 10.2. The molecule has 0 aliphatic rings. The molecule has 0 saturated heterocycles. The molecule has 6 heteroatoms. The molecule has 0 aliphatic heterocycles. The summed E-state index contributed by atoms with van der Waals surface area (Å²) in [6.07, 6.45) is 4.50. The Kier molecular flexibility index (Phi) is 8.42. The fourth-order valence-corrected chi connectivity index (χ4v) is 4.64. The van der Waals surface area contributed by atoms with E-state index in [0.717, 1.165) is 35.3 Å². The van der Waals surface area contributed by atoms with Crippen LogP contribution in [0.15, 0.2) is 30.3 Å². The first-order valence-corrected chi connectivity index (χ1v) is 10.7. The number of hydrogen-bond donors (Lipinski definition) is 0. The molecule has 0 spiro atoms. The van der Waals surface area contributed by atoms with Crippen molar-refractivity contribution in [2.45, 2.75) is 39.0 Å². The molecule has 1 aromatic heterocycles. The van der Waals surface area contributed by atoms with E-state index >= 15 is 0 Å². The van der Waals surface area contributed by atoms with Crippen LogP contribution in [0.25, 0.3) is 10.4 Å². The van der Waals surface area contributed by atoms with E-state index in [0.29, 0.717) is 19.6 Å².